The second-order valence-electron chi connectivity index (χ2n) is 5.20. The predicted molar refractivity (Wildman–Crippen MR) is 87.0 cm³/mol. The van der Waals surface area contributed by atoms with E-state index in [0.717, 1.165) is 24.4 Å². The van der Waals surface area contributed by atoms with Gasteiger partial charge in [0.15, 0.2) is 0 Å². The number of nitrogens with one attached hydrogen (secondary N) is 1. The lowest BCUT2D eigenvalue weighted by Crippen LogP contribution is -2.27. The molecule has 1 atom stereocenters. The van der Waals surface area contributed by atoms with Crippen molar-refractivity contribution in [2.24, 2.45) is 0 Å². The molecular formula is C15H20Cl2N4. The molecular weight excluding hydrogens is 307 g/mol. The van der Waals surface area contributed by atoms with Crippen LogP contribution >= 0.6 is 23.2 Å². The van der Waals surface area contributed by atoms with Crippen LogP contribution in [0.25, 0.3) is 0 Å². The van der Waals surface area contributed by atoms with E-state index in [-0.39, 0.29) is 12.1 Å². The second-order valence-corrected chi connectivity index (χ2v) is 6.05. The van der Waals surface area contributed by atoms with Crippen LogP contribution in [0, 0.1) is 0 Å². The first-order chi connectivity index (χ1) is 10.0. The fourth-order valence-electron chi connectivity index (χ4n) is 2.22. The monoisotopic (exact) mass is 326 g/mol. The Hall–Kier alpha value is -1.10. The Labute approximate surface area is 135 Å². The zero-order valence-corrected chi connectivity index (χ0v) is 14.0. The summed E-state index contributed by atoms with van der Waals surface area (Å²) in [5.74, 6) is 0. The Bertz CT molecular complexity index is 578. The van der Waals surface area contributed by atoms with Gasteiger partial charge in [0.2, 0.25) is 0 Å². The van der Waals surface area contributed by atoms with Gasteiger partial charge in [0, 0.05) is 12.2 Å². The number of halogens is 2. The van der Waals surface area contributed by atoms with Crippen LogP contribution in [0.2, 0.25) is 10.0 Å². The molecule has 4 nitrogen and oxygen atoms in total. The maximum Gasteiger partial charge on any atom is 0.0937 e. The van der Waals surface area contributed by atoms with Crippen LogP contribution in [0.5, 0.6) is 0 Å². The van der Waals surface area contributed by atoms with Crippen molar-refractivity contribution in [1.82, 2.24) is 20.1 Å². The Morgan fingerprint density at radius 2 is 2.00 bits per heavy atom. The van der Waals surface area contributed by atoms with Crippen molar-refractivity contribution in [3.8, 4) is 0 Å². The van der Waals surface area contributed by atoms with E-state index in [1.807, 2.05) is 16.8 Å². The number of rotatable bonds is 6. The van der Waals surface area contributed by atoms with Gasteiger partial charge in [-0.1, -0.05) is 30.1 Å². The van der Waals surface area contributed by atoms with Gasteiger partial charge >= 0.3 is 0 Å². The maximum atomic E-state index is 6.37. The number of hydrogen-bond donors (Lipinski definition) is 1. The van der Waals surface area contributed by atoms with E-state index >= 15 is 0 Å². The minimum absolute atomic E-state index is 0.0976. The SMILES string of the molecule is CCCNC(c1ccc(Cl)cn1)c1c(Cl)cnn1C(C)C. The van der Waals surface area contributed by atoms with Crippen molar-refractivity contribution < 1.29 is 0 Å². The number of aromatic nitrogens is 3. The Morgan fingerprint density at radius 1 is 1.24 bits per heavy atom. The molecule has 0 bridgehead atoms. The minimum Gasteiger partial charge on any atom is -0.304 e. The van der Waals surface area contributed by atoms with Crippen molar-refractivity contribution in [2.45, 2.75) is 39.3 Å². The highest BCUT2D eigenvalue weighted by molar-refractivity contribution is 6.31. The van der Waals surface area contributed by atoms with Crippen LogP contribution in [0.4, 0.5) is 0 Å². The molecule has 0 spiro atoms. The fourth-order valence-corrected chi connectivity index (χ4v) is 2.57. The van der Waals surface area contributed by atoms with Gasteiger partial charge in [0.1, 0.15) is 0 Å². The van der Waals surface area contributed by atoms with Crippen molar-refractivity contribution in [3.63, 3.8) is 0 Å². The molecule has 0 saturated carbocycles. The number of hydrogen-bond acceptors (Lipinski definition) is 3. The van der Waals surface area contributed by atoms with Crippen molar-refractivity contribution >= 4 is 23.2 Å². The summed E-state index contributed by atoms with van der Waals surface area (Å²) in [6.07, 6.45) is 4.37. The molecule has 0 fully saturated rings. The van der Waals surface area contributed by atoms with E-state index in [0.29, 0.717) is 10.0 Å². The lowest BCUT2D eigenvalue weighted by molar-refractivity contribution is 0.468. The van der Waals surface area contributed by atoms with Crippen LogP contribution in [0.1, 0.15) is 50.7 Å². The summed E-state index contributed by atoms with van der Waals surface area (Å²) in [5.41, 5.74) is 1.83. The summed E-state index contributed by atoms with van der Waals surface area (Å²) in [7, 11) is 0. The lowest BCUT2D eigenvalue weighted by Gasteiger charge is -2.22. The standard InChI is InChI=1S/C15H20Cl2N4/c1-4-7-18-14(13-6-5-11(16)8-19-13)15-12(17)9-20-21(15)10(2)3/h5-6,8-10,14,18H,4,7H2,1-3H3. The largest absolute Gasteiger partial charge is 0.304 e. The van der Waals surface area contributed by atoms with E-state index < -0.39 is 0 Å². The molecule has 1 unspecified atom stereocenters. The first-order valence-electron chi connectivity index (χ1n) is 7.12. The predicted octanol–water partition coefficient (Wildman–Crippen LogP) is 4.25. The molecule has 2 aromatic heterocycles. The van der Waals surface area contributed by atoms with Crippen LogP contribution in [0.3, 0.4) is 0 Å². The summed E-state index contributed by atoms with van der Waals surface area (Å²) in [4.78, 5) is 4.43. The molecule has 21 heavy (non-hydrogen) atoms. The van der Waals surface area contributed by atoms with Crippen molar-refractivity contribution in [2.75, 3.05) is 6.54 Å². The normalized spacial score (nSPS) is 12.9. The van der Waals surface area contributed by atoms with Gasteiger partial charge in [-0.2, -0.15) is 5.10 Å². The molecule has 6 heteroatoms. The molecule has 1 N–H and O–H groups in total. The second kappa shape index (κ2) is 7.25. The van der Waals surface area contributed by atoms with E-state index in [1.54, 1.807) is 12.4 Å². The minimum atomic E-state index is -0.0976. The van der Waals surface area contributed by atoms with Crippen LogP contribution in [0.15, 0.2) is 24.5 Å². The summed E-state index contributed by atoms with van der Waals surface area (Å²) in [5, 5.41) is 9.14. The molecule has 0 amide bonds. The first kappa shape index (κ1) is 16.3. The summed E-state index contributed by atoms with van der Waals surface area (Å²) in [6, 6.07) is 3.89. The number of nitrogens with zero attached hydrogens (tertiary/aromatic N) is 3. The summed E-state index contributed by atoms with van der Waals surface area (Å²) in [6.45, 7) is 7.16. The average Bonchev–Trinajstić information content (AvgIpc) is 2.83. The van der Waals surface area contributed by atoms with Crippen LogP contribution in [-0.2, 0) is 0 Å². The molecule has 2 aromatic rings. The van der Waals surface area contributed by atoms with Gasteiger partial charge in [0.25, 0.3) is 0 Å². The molecule has 0 aliphatic heterocycles. The molecule has 0 aliphatic carbocycles. The Morgan fingerprint density at radius 3 is 2.57 bits per heavy atom. The lowest BCUT2D eigenvalue weighted by atomic mass is 10.1. The third kappa shape index (κ3) is 3.76. The topological polar surface area (TPSA) is 42.7 Å². The molecule has 0 aromatic carbocycles. The van der Waals surface area contributed by atoms with Crippen molar-refractivity contribution in [1.29, 1.82) is 0 Å². The summed E-state index contributed by atoms with van der Waals surface area (Å²) < 4.78 is 1.94. The highest BCUT2D eigenvalue weighted by atomic mass is 35.5. The first-order valence-corrected chi connectivity index (χ1v) is 7.88. The Balaban J connectivity index is 2.45. The Kier molecular flexibility index (Phi) is 5.62. The van der Waals surface area contributed by atoms with E-state index in [2.05, 4.69) is 36.2 Å². The van der Waals surface area contributed by atoms with Gasteiger partial charge in [-0.15, -0.1) is 0 Å². The van der Waals surface area contributed by atoms with Crippen LogP contribution < -0.4 is 5.32 Å². The summed E-state index contributed by atoms with van der Waals surface area (Å²) >= 11 is 12.3. The maximum absolute atomic E-state index is 6.37. The van der Waals surface area contributed by atoms with Gasteiger partial charge in [-0.25, -0.2) is 0 Å². The zero-order chi connectivity index (χ0) is 15.4. The van der Waals surface area contributed by atoms with Gasteiger partial charge in [0.05, 0.1) is 33.7 Å². The fraction of sp³-hybridized carbons (Fsp3) is 0.467. The molecule has 114 valence electrons. The van der Waals surface area contributed by atoms with Gasteiger partial charge < -0.3 is 5.32 Å². The molecule has 0 saturated heterocycles. The van der Waals surface area contributed by atoms with Gasteiger partial charge in [-0.3, -0.25) is 9.67 Å². The van der Waals surface area contributed by atoms with Gasteiger partial charge in [-0.05, 0) is 38.9 Å². The van der Waals surface area contributed by atoms with Crippen LogP contribution in [-0.4, -0.2) is 21.3 Å². The average molecular weight is 327 g/mol. The number of pyridine rings is 1. The quantitative estimate of drug-likeness (QED) is 0.862. The van der Waals surface area contributed by atoms with E-state index in [1.165, 1.54) is 0 Å². The van der Waals surface area contributed by atoms with E-state index in [4.69, 9.17) is 23.2 Å². The molecule has 2 heterocycles. The zero-order valence-electron chi connectivity index (χ0n) is 12.5. The molecule has 0 radical (unpaired) electrons. The highest BCUT2D eigenvalue weighted by Crippen LogP contribution is 2.29. The smallest absolute Gasteiger partial charge is 0.0937 e. The molecule has 2 rings (SSSR count). The third-order valence-electron chi connectivity index (χ3n) is 3.19. The third-order valence-corrected chi connectivity index (χ3v) is 3.71. The molecule has 0 aliphatic rings. The van der Waals surface area contributed by atoms with Crippen molar-refractivity contribution in [3.05, 3.63) is 46.0 Å². The van der Waals surface area contributed by atoms with E-state index in [9.17, 15) is 0 Å². The highest BCUT2D eigenvalue weighted by Gasteiger charge is 2.23.